The summed E-state index contributed by atoms with van der Waals surface area (Å²) >= 11 is 1.44. The van der Waals surface area contributed by atoms with E-state index in [1.54, 1.807) is 4.90 Å². The number of para-hydroxylation sites is 2. The lowest BCUT2D eigenvalue weighted by atomic mass is 10.0. The minimum absolute atomic E-state index is 0.0191. The number of nitrogens with zero attached hydrogens (tertiary/aromatic N) is 3. The van der Waals surface area contributed by atoms with E-state index in [1.807, 2.05) is 48.5 Å². The number of anilines is 1. The number of aryl methyl sites for hydroxylation is 1. The van der Waals surface area contributed by atoms with Gasteiger partial charge in [-0.15, -0.1) is 0 Å². The minimum atomic E-state index is -3.11. The average Bonchev–Trinajstić information content (AvgIpc) is 3.38. The lowest BCUT2D eigenvalue weighted by molar-refractivity contribution is -0.116. The first-order chi connectivity index (χ1) is 16.0. The van der Waals surface area contributed by atoms with Crippen molar-refractivity contribution in [3.05, 3.63) is 72.1 Å². The molecule has 1 saturated heterocycles. The molecule has 0 spiro atoms. The summed E-state index contributed by atoms with van der Waals surface area (Å²) in [6.45, 7) is 0. The lowest BCUT2D eigenvalue weighted by Gasteiger charge is -2.28. The maximum absolute atomic E-state index is 13.5. The topological polar surface area (TPSA) is 72.3 Å². The van der Waals surface area contributed by atoms with Gasteiger partial charge in [0.1, 0.15) is 0 Å². The SMILES string of the molecule is O=C(CSc1nc2c(n1-c1ccccc1)CCCC2)N(c1ccccc1)C1CCS(=O)(=O)C1. The van der Waals surface area contributed by atoms with Gasteiger partial charge in [0.2, 0.25) is 5.91 Å². The van der Waals surface area contributed by atoms with Gasteiger partial charge >= 0.3 is 0 Å². The van der Waals surface area contributed by atoms with E-state index in [2.05, 4.69) is 16.7 Å². The van der Waals surface area contributed by atoms with Crippen LogP contribution in [0.1, 0.15) is 30.7 Å². The van der Waals surface area contributed by atoms with Crippen LogP contribution in [0, 0.1) is 0 Å². The molecule has 2 aliphatic rings. The van der Waals surface area contributed by atoms with Gasteiger partial charge in [-0.2, -0.15) is 0 Å². The zero-order valence-electron chi connectivity index (χ0n) is 18.4. The van der Waals surface area contributed by atoms with Crippen molar-refractivity contribution in [3.63, 3.8) is 0 Å². The van der Waals surface area contributed by atoms with Crippen molar-refractivity contribution in [2.24, 2.45) is 0 Å². The van der Waals surface area contributed by atoms with Crippen molar-refractivity contribution in [2.45, 2.75) is 43.3 Å². The summed E-state index contributed by atoms with van der Waals surface area (Å²) in [5, 5.41) is 0.827. The van der Waals surface area contributed by atoms with Crippen LogP contribution in [0.25, 0.3) is 5.69 Å². The van der Waals surface area contributed by atoms with E-state index in [-0.39, 0.29) is 29.2 Å². The van der Waals surface area contributed by atoms with Gasteiger partial charge in [-0.05, 0) is 56.4 Å². The van der Waals surface area contributed by atoms with Crippen LogP contribution in [0.15, 0.2) is 65.8 Å². The van der Waals surface area contributed by atoms with E-state index < -0.39 is 9.84 Å². The number of carbonyl (C=O) groups is 1. The Labute approximate surface area is 198 Å². The van der Waals surface area contributed by atoms with Gasteiger partial charge < -0.3 is 4.90 Å². The molecular weight excluding hydrogens is 454 g/mol. The second-order valence-corrected chi connectivity index (χ2v) is 11.8. The number of rotatable bonds is 6. The number of imidazole rings is 1. The van der Waals surface area contributed by atoms with Crippen molar-refractivity contribution in [1.29, 1.82) is 0 Å². The van der Waals surface area contributed by atoms with E-state index in [9.17, 15) is 13.2 Å². The molecule has 1 fully saturated rings. The van der Waals surface area contributed by atoms with Crippen LogP contribution >= 0.6 is 11.8 Å². The van der Waals surface area contributed by atoms with Crippen LogP contribution < -0.4 is 4.90 Å². The van der Waals surface area contributed by atoms with Crippen LogP contribution in [-0.4, -0.2) is 47.2 Å². The Hall–Kier alpha value is -2.58. The number of amides is 1. The van der Waals surface area contributed by atoms with Crippen LogP contribution in [-0.2, 0) is 27.5 Å². The summed E-state index contributed by atoms with van der Waals surface area (Å²) in [5.41, 5.74) is 4.17. The first-order valence-electron chi connectivity index (χ1n) is 11.4. The van der Waals surface area contributed by atoms with E-state index in [0.29, 0.717) is 6.42 Å². The van der Waals surface area contributed by atoms with Gasteiger partial charge in [0.25, 0.3) is 0 Å². The van der Waals surface area contributed by atoms with Gasteiger partial charge in [-0.1, -0.05) is 48.2 Å². The number of fused-ring (bicyclic) bond motifs is 1. The molecule has 1 aliphatic heterocycles. The molecule has 2 heterocycles. The summed E-state index contributed by atoms with van der Waals surface area (Å²) in [6, 6.07) is 19.2. The highest BCUT2D eigenvalue weighted by atomic mass is 32.2. The fourth-order valence-electron chi connectivity index (χ4n) is 4.78. The molecular formula is C25H27N3O3S2. The van der Waals surface area contributed by atoms with Crippen LogP contribution in [0.4, 0.5) is 5.69 Å². The fourth-order valence-corrected chi connectivity index (χ4v) is 7.39. The highest BCUT2D eigenvalue weighted by Crippen LogP contribution is 2.32. The number of sulfone groups is 1. The van der Waals surface area contributed by atoms with Gasteiger partial charge in [0.05, 0.1) is 29.0 Å². The third-order valence-electron chi connectivity index (χ3n) is 6.32. The van der Waals surface area contributed by atoms with Crippen LogP contribution in [0.3, 0.4) is 0 Å². The molecule has 2 aromatic carbocycles. The van der Waals surface area contributed by atoms with Gasteiger partial charge in [-0.25, -0.2) is 13.4 Å². The van der Waals surface area contributed by atoms with Crippen molar-refractivity contribution >= 4 is 33.2 Å². The Kier molecular flexibility index (Phi) is 6.29. The molecule has 0 bridgehead atoms. The minimum Gasteiger partial charge on any atom is -0.308 e. The standard InChI is InChI=1S/C25H27N3O3S2/c29-24(27(19-9-3-1-4-10-19)21-15-16-33(30,31)18-21)17-32-25-26-22-13-7-8-14-23(22)28(25)20-11-5-2-6-12-20/h1-6,9-12,21H,7-8,13-18H2. The van der Waals surface area contributed by atoms with Crippen LogP contribution in [0.2, 0.25) is 0 Å². The molecule has 0 N–H and O–H groups in total. The molecule has 8 heteroatoms. The molecule has 1 aromatic heterocycles. The predicted octanol–water partition coefficient (Wildman–Crippen LogP) is 4.06. The Bertz CT molecular complexity index is 1240. The normalized spacial score (nSPS) is 19.2. The second kappa shape index (κ2) is 9.35. The van der Waals surface area contributed by atoms with Crippen molar-refractivity contribution in [1.82, 2.24) is 9.55 Å². The summed E-state index contributed by atoms with van der Waals surface area (Å²) in [7, 11) is -3.11. The van der Waals surface area contributed by atoms with Gasteiger partial charge in [0, 0.05) is 17.1 Å². The largest absolute Gasteiger partial charge is 0.308 e. The molecule has 1 atom stereocenters. The summed E-state index contributed by atoms with van der Waals surface area (Å²) in [4.78, 5) is 20.1. The first kappa shape index (κ1) is 22.2. The zero-order valence-corrected chi connectivity index (χ0v) is 20.0. The quantitative estimate of drug-likeness (QED) is 0.497. The highest BCUT2D eigenvalue weighted by molar-refractivity contribution is 7.99. The first-order valence-corrected chi connectivity index (χ1v) is 14.2. The second-order valence-electron chi connectivity index (χ2n) is 8.61. The van der Waals surface area contributed by atoms with E-state index in [4.69, 9.17) is 4.98 Å². The van der Waals surface area contributed by atoms with E-state index in [1.165, 1.54) is 17.5 Å². The zero-order chi connectivity index (χ0) is 22.8. The maximum atomic E-state index is 13.5. The summed E-state index contributed by atoms with van der Waals surface area (Å²) in [5.74, 6) is 0.264. The fraction of sp³-hybridized carbons (Fsp3) is 0.360. The Morgan fingerprint density at radius 1 is 1.03 bits per heavy atom. The third-order valence-corrected chi connectivity index (χ3v) is 8.99. The highest BCUT2D eigenvalue weighted by Gasteiger charge is 2.35. The third kappa shape index (κ3) is 4.73. The van der Waals surface area contributed by atoms with Crippen LogP contribution in [0.5, 0.6) is 0 Å². The molecule has 3 aromatic rings. The van der Waals surface area contributed by atoms with Gasteiger partial charge in [-0.3, -0.25) is 9.36 Å². The molecule has 0 saturated carbocycles. The summed E-state index contributed by atoms with van der Waals surface area (Å²) in [6.07, 6.45) is 4.71. The monoisotopic (exact) mass is 481 g/mol. The molecule has 6 nitrogen and oxygen atoms in total. The van der Waals surface area contributed by atoms with E-state index >= 15 is 0 Å². The molecule has 1 unspecified atom stereocenters. The lowest BCUT2D eigenvalue weighted by Crippen LogP contribution is -2.42. The van der Waals surface area contributed by atoms with Crippen molar-refractivity contribution < 1.29 is 13.2 Å². The number of hydrogen-bond donors (Lipinski definition) is 0. The molecule has 1 amide bonds. The van der Waals surface area contributed by atoms with E-state index in [0.717, 1.165) is 47.9 Å². The average molecular weight is 482 g/mol. The smallest absolute Gasteiger partial charge is 0.237 e. The number of aromatic nitrogens is 2. The number of carbonyl (C=O) groups excluding carboxylic acids is 1. The number of hydrogen-bond acceptors (Lipinski definition) is 5. The Balaban J connectivity index is 1.42. The predicted molar refractivity (Wildman–Crippen MR) is 132 cm³/mol. The van der Waals surface area contributed by atoms with Gasteiger partial charge in [0.15, 0.2) is 15.0 Å². The van der Waals surface area contributed by atoms with Crippen molar-refractivity contribution in [2.75, 3.05) is 22.2 Å². The summed E-state index contributed by atoms with van der Waals surface area (Å²) < 4.78 is 26.5. The molecule has 33 heavy (non-hydrogen) atoms. The number of benzene rings is 2. The molecule has 1 aliphatic carbocycles. The Morgan fingerprint density at radius 2 is 1.73 bits per heavy atom. The molecule has 0 radical (unpaired) electrons. The molecule has 5 rings (SSSR count). The Morgan fingerprint density at radius 3 is 2.42 bits per heavy atom. The molecule has 172 valence electrons. The number of thioether (sulfide) groups is 1. The maximum Gasteiger partial charge on any atom is 0.237 e. The van der Waals surface area contributed by atoms with Crippen molar-refractivity contribution in [3.8, 4) is 5.69 Å².